The van der Waals surface area contributed by atoms with Crippen molar-refractivity contribution in [2.24, 2.45) is 5.73 Å². The molecule has 1 aromatic carbocycles. The van der Waals surface area contributed by atoms with E-state index < -0.39 is 5.54 Å². The lowest BCUT2D eigenvalue weighted by Gasteiger charge is -2.34. The van der Waals surface area contributed by atoms with Crippen molar-refractivity contribution in [3.8, 4) is 17.3 Å². The maximum absolute atomic E-state index is 13.8. The average molecular weight is 336 g/mol. The summed E-state index contributed by atoms with van der Waals surface area (Å²) in [6, 6.07) is 8.12. The lowest BCUT2D eigenvalue weighted by atomic mass is 9.77. The van der Waals surface area contributed by atoms with E-state index >= 15 is 0 Å². The molecule has 0 saturated heterocycles. The lowest BCUT2D eigenvalue weighted by molar-refractivity contribution is 0.229. The quantitative estimate of drug-likeness (QED) is 0.795. The van der Waals surface area contributed by atoms with E-state index in [-0.39, 0.29) is 18.2 Å². The Labute approximate surface area is 137 Å². The molecular weight excluding hydrogens is 321 g/mol. The Kier molecular flexibility index (Phi) is 3.91. The van der Waals surface area contributed by atoms with E-state index in [2.05, 4.69) is 15.2 Å². The van der Waals surface area contributed by atoms with E-state index in [1.165, 1.54) is 10.7 Å². The van der Waals surface area contributed by atoms with Gasteiger partial charge in [-0.3, -0.25) is 0 Å². The Morgan fingerprint density at radius 2 is 2.00 bits per heavy atom. The zero-order valence-electron chi connectivity index (χ0n) is 12.1. The van der Waals surface area contributed by atoms with Gasteiger partial charge < -0.3 is 10.3 Å². The van der Waals surface area contributed by atoms with Crippen LogP contribution in [0.4, 0.5) is 4.39 Å². The van der Waals surface area contributed by atoms with E-state index in [1.807, 2.05) is 0 Å². The summed E-state index contributed by atoms with van der Waals surface area (Å²) >= 11 is 0. The predicted molar refractivity (Wildman–Crippen MR) is 83.8 cm³/mol. The first-order chi connectivity index (χ1) is 10.7. The first-order valence-corrected chi connectivity index (χ1v) is 7.10. The Balaban J connectivity index is 0.00000156. The van der Waals surface area contributed by atoms with Crippen molar-refractivity contribution in [1.29, 1.82) is 0 Å². The summed E-state index contributed by atoms with van der Waals surface area (Å²) in [6.07, 6.45) is 4.44. The molecule has 0 atom stereocenters. The molecule has 0 bridgehead atoms. The molecule has 3 aromatic rings. The topological polar surface area (TPSA) is 82.8 Å². The van der Waals surface area contributed by atoms with Crippen LogP contribution in [-0.2, 0) is 5.54 Å². The number of nitrogens with two attached hydrogens (primary N) is 1. The molecular formula is C15H15ClFN5O. The van der Waals surface area contributed by atoms with Crippen LogP contribution < -0.4 is 5.73 Å². The molecule has 120 valence electrons. The van der Waals surface area contributed by atoms with Gasteiger partial charge in [0.1, 0.15) is 11.5 Å². The van der Waals surface area contributed by atoms with E-state index in [1.54, 1.807) is 30.5 Å². The molecule has 0 unspecified atom stereocenters. The molecule has 23 heavy (non-hydrogen) atoms. The number of nitrogens with zero attached hydrogens (tertiary/aromatic N) is 4. The standard InChI is InChI=1S/C15H14FN5O.ClH/c16-10-4-1-2-5-12(10)21-9-6-11(19-21)13-18-14(20-22-13)15(17)7-3-8-15;/h1-2,4-6,9H,3,7-8,17H2;1H. The fourth-order valence-electron chi connectivity index (χ4n) is 2.52. The highest BCUT2D eigenvalue weighted by Crippen LogP contribution is 2.37. The normalized spacial score (nSPS) is 15.7. The molecule has 2 aromatic heterocycles. The van der Waals surface area contributed by atoms with Gasteiger partial charge in [-0.2, -0.15) is 10.1 Å². The number of rotatable bonds is 3. The summed E-state index contributed by atoms with van der Waals surface area (Å²) in [6.45, 7) is 0. The molecule has 1 aliphatic rings. The molecule has 2 heterocycles. The van der Waals surface area contributed by atoms with Crippen LogP contribution in [0.25, 0.3) is 17.3 Å². The third-order valence-corrected chi connectivity index (χ3v) is 4.02. The van der Waals surface area contributed by atoms with Crippen LogP contribution in [0.15, 0.2) is 41.1 Å². The number of hydrogen-bond donors (Lipinski definition) is 1. The second-order valence-corrected chi connectivity index (χ2v) is 5.53. The van der Waals surface area contributed by atoms with E-state index in [9.17, 15) is 4.39 Å². The lowest BCUT2D eigenvalue weighted by Crippen LogP contribution is -2.44. The Hall–Kier alpha value is -2.25. The summed E-state index contributed by atoms with van der Waals surface area (Å²) in [5.74, 6) is 0.453. The third kappa shape index (κ3) is 2.62. The highest BCUT2D eigenvalue weighted by Gasteiger charge is 2.39. The average Bonchev–Trinajstić information content (AvgIpc) is 3.14. The number of halogens is 2. The fourth-order valence-corrected chi connectivity index (χ4v) is 2.52. The summed E-state index contributed by atoms with van der Waals surface area (Å²) in [5, 5.41) is 8.24. The van der Waals surface area contributed by atoms with Crippen molar-refractivity contribution in [2.75, 3.05) is 0 Å². The molecule has 0 radical (unpaired) electrons. The van der Waals surface area contributed by atoms with E-state index in [4.69, 9.17) is 10.3 Å². The van der Waals surface area contributed by atoms with Gasteiger partial charge in [0.05, 0.1) is 5.54 Å². The van der Waals surface area contributed by atoms with Crippen molar-refractivity contribution in [3.05, 3.63) is 48.2 Å². The maximum Gasteiger partial charge on any atom is 0.278 e. The van der Waals surface area contributed by atoms with Crippen LogP contribution >= 0.6 is 12.4 Å². The van der Waals surface area contributed by atoms with Crippen LogP contribution in [0.2, 0.25) is 0 Å². The van der Waals surface area contributed by atoms with Crippen LogP contribution in [0.5, 0.6) is 0 Å². The molecule has 0 aliphatic heterocycles. The van der Waals surface area contributed by atoms with Crippen molar-refractivity contribution in [2.45, 2.75) is 24.8 Å². The minimum absolute atomic E-state index is 0. The first-order valence-electron chi connectivity index (χ1n) is 7.10. The van der Waals surface area contributed by atoms with Gasteiger partial charge in [-0.25, -0.2) is 9.07 Å². The zero-order valence-corrected chi connectivity index (χ0v) is 13.0. The van der Waals surface area contributed by atoms with E-state index in [0.717, 1.165) is 19.3 Å². The molecule has 8 heteroatoms. The number of benzene rings is 1. The van der Waals surface area contributed by atoms with Crippen molar-refractivity contribution < 1.29 is 8.91 Å². The molecule has 1 fully saturated rings. The van der Waals surface area contributed by atoms with Crippen molar-refractivity contribution in [3.63, 3.8) is 0 Å². The Bertz CT molecular complexity index is 827. The van der Waals surface area contributed by atoms with Gasteiger partial charge in [-0.15, -0.1) is 12.4 Å². The van der Waals surface area contributed by atoms with Gasteiger partial charge in [-0.1, -0.05) is 17.3 Å². The number of aromatic nitrogens is 4. The van der Waals surface area contributed by atoms with Gasteiger partial charge in [-0.05, 0) is 37.5 Å². The van der Waals surface area contributed by atoms with Gasteiger partial charge in [0, 0.05) is 6.20 Å². The summed E-state index contributed by atoms with van der Waals surface area (Å²) in [4.78, 5) is 4.33. The predicted octanol–water partition coefficient (Wildman–Crippen LogP) is 2.82. The molecule has 0 amide bonds. The fraction of sp³-hybridized carbons (Fsp3) is 0.267. The molecule has 0 spiro atoms. The van der Waals surface area contributed by atoms with Crippen LogP contribution in [-0.4, -0.2) is 19.9 Å². The van der Waals surface area contributed by atoms with Gasteiger partial charge in [0.25, 0.3) is 5.89 Å². The summed E-state index contributed by atoms with van der Waals surface area (Å²) in [5.41, 5.74) is 6.55. The summed E-state index contributed by atoms with van der Waals surface area (Å²) in [7, 11) is 0. The second-order valence-electron chi connectivity index (χ2n) is 5.53. The minimum Gasteiger partial charge on any atom is -0.332 e. The highest BCUT2D eigenvalue weighted by molar-refractivity contribution is 5.85. The molecule has 6 nitrogen and oxygen atoms in total. The van der Waals surface area contributed by atoms with Gasteiger partial charge in [0.15, 0.2) is 11.5 Å². The van der Waals surface area contributed by atoms with Crippen molar-refractivity contribution >= 4 is 12.4 Å². The largest absolute Gasteiger partial charge is 0.332 e. The van der Waals surface area contributed by atoms with Crippen LogP contribution in [0, 0.1) is 5.82 Å². The van der Waals surface area contributed by atoms with Crippen LogP contribution in [0.3, 0.4) is 0 Å². The first kappa shape index (κ1) is 15.6. The Morgan fingerprint density at radius 3 is 2.70 bits per heavy atom. The number of para-hydroxylation sites is 1. The second kappa shape index (κ2) is 5.75. The molecule has 2 N–H and O–H groups in total. The smallest absolute Gasteiger partial charge is 0.278 e. The summed E-state index contributed by atoms with van der Waals surface area (Å²) < 4.78 is 20.5. The molecule has 1 aliphatic carbocycles. The monoisotopic (exact) mass is 335 g/mol. The number of hydrogen-bond acceptors (Lipinski definition) is 5. The van der Waals surface area contributed by atoms with Crippen LogP contribution in [0.1, 0.15) is 25.1 Å². The van der Waals surface area contributed by atoms with Crippen molar-refractivity contribution in [1.82, 2.24) is 19.9 Å². The van der Waals surface area contributed by atoms with Gasteiger partial charge >= 0.3 is 0 Å². The molecule has 4 rings (SSSR count). The van der Waals surface area contributed by atoms with E-state index in [0.29, 0.717) is 23.1 Å². The Morgan fingerprint density at radius 1 is 1.22 bits per heavy atom. The maximum atomic E-state index is 13.8. The minimum atomic E-state index is -0.476. The zero-order chi connectivity index (χ0) is 15.2. The molecule has 1 saturated carbocycles. The third-order valence-electron chi connectivity index (χ3n) is 4.02. The highest BCUT2D eigenvalue weighted by atomic mass is 35.5. The van der Waals surface area contributed by atoms with Gasteiger partial charge in [0.2, 0.25) is 0 Å². The SMILES string of the molecule is Cl.NC1(c2noc(-c3ccn(-c4ccccc4F)n3)n2)CCC1.